The van der Waals surface area contributed by atoms with Gasteiger partial charge in [0.05, 0.1) is 27.1 Å². The molecule has 0 aliphatic carbocycles. The number of carbonyl (C=O) groups excluding carboxylic acids is 2. The molecule has 1 aliphatic heterocycles. The van der Waals surface area contributed by atoms with Gasteiger partial charge in [0.1, 0.15) is 11.9 Å². The summed E-state index contributed by atoms with van der Waals surface area (Å²) in [5, 5.41) is 5.16. The summed E-state index contributed by atoms with van der Waals surface area (Å²) in [7, 11) is -4.07. The number of nitrogens with one attached hydrogen (secondary N) is 2. The normalized spacial score (nSPS) is 14.1. The lowest BCUT2D eigenvalue weighted by molar-refractivity contribution is 0.0964. The SMILES string of the molecule is CS(=O)(=O)N(C(=O)NC(=O)c1cc(OC2CNC2)ccc1Cl)c1nc2ccccc2s1. The van der Waals surface area contributed by atoms with Gasteiger partial charge >= 0.3 is 6.03 Å². The number of sulfonamides is 1. The third-order valence-electron chi connectivity index (χ3n) is 4.42. The van der Waals surface area contributed by atoms with Crippen LogP contribution < -0.4 is 19.7 Å². The minimum atomic E-state index is -4.07. The summed E-state index contributed by atoms with van der Waals surface area (Å²) >= 11 is 7.13. The summed E-state index contributed by atoms with van der Waals surface area (Å²) in [5.41, 5.74) is 0.520. The van der Waals surface area contributed by atoms with E-state index in [2.05, 4.69) is 15.6 Å². The number of fused-ring (bicyclic) bond motifs is 1. The molecule has 0 bridgehead atoms. The molecule has 12 heteroatoms. The Bertz CT molecular complexity index is 1240. The van der Waals surface area contributed by atoms with Gasteiger partial charge in [0, 0.05) is 13.1 Å². The molecule has 2 N–H and O–H groups in total. The molecule has 2 aromatic carbocycles. The molecule has 1 aliphatic rings. The number of anilines is 1. The van der Waals surface area contributed by atoms with Gasteiger partial charge in [-0.15, -0.1) is 0 Å². The number of ether oxygens (including phenoxy) is 1. The molecule has 1 saturated heterocycles. The van der Waals surface area contributed by atoms with Gasteiger partial charge in [-0.3, -0.25) is 10.1 Å². The molecule has 4 rings (SSSR count). The fourth-order valence-corrected chi connectivity index (χ4v) is 5.10. The number of hydrogen-bond donors (Lipinski definition) is 2. The smallest absolute Gasteiger partial charge is 0.344 e. The molecule has 31 heavy (non-hydrogen) atoms. The van der Waals surface area contributed by atoms with Crippen LogP contribution in [0.25, 0.3) is 10.2 Å². The third kappa shape index (κ3) is 4.64. The zero-order valence-corrected chi connectivity index (χ0v) is 18.6. The summed E-state index contributed by atoms with van der Waals surface area (Å²) < 4.78 is 31.5. The van der Waals surface area contributed by atoms with Gasteiger partial charge in [-0.2, -0.15) is 4.31 Å². The summed E-state index contributed by atoms with van der Waals surface area (Å²) in [6.45, 7) is 1.38. The van der Waals surface area contributed by atoms with Crippen molar-refractivity contribution in [2.75, 3.05) is 23.7 Å². The number of urea groups is 1. The van der Waals surface area contributed by atoms with Crippen LogP contribution in [0.1, 0.15) is 10.4 Å². The van der Waals surface area contributed by atoms with Crippen molar-refractivity contribution in [3.8, 4) is 5.75 Å². The second kappa shape index (κ2) is 8.42. The highest BCUT2D eigenvalue weighted by Crippen LogP contribution is 2.30. The van der Waals surface area contributed by atoms with Gasteiger partial charge in [0.15, 0.2) is 0 Å². The van der Waals surface area contributed by atoms with E-state index in [1.807, 2.05) is 0 Å². The van der Waals surface area contributed by atoms with Crippen molar-refractivity contribution in [2.45, 2.75) is 6.10 Å². The first kappa shape index (κ1) is 21.5. The van der Waals surface area contributed by atoms with Crippen molar-refractivity contribution >= 4 is 60.2 Å². The van der Waals surface area contributed by atoms with Crippen LogP contribution in [0.2, 0.25) is 5.02 Å². The van der Waals surface area contributed by atoms with E-state index in [4.69, 9.17) is 16.3 Å². The van der Waals surface area contributed by atoms with E-state index in [0.717, 1.165) is 17.6 Å². The van der Waals surface area contributed by atoms with E-state index >= 15 is 0 Å². The Hall–Kier alpha value is -2.73. The minimum Gasteiger partial charge on any atom is -0.488 e. The standard InChI is InChI=1S/C19H17ClN4O5S2/c1-31(27,28)24(19-22-15-4-2-3-5-16(15)30-19)18(26)23-17(25)13-8-11(6-7-14(13)20)29-12-9-21-10-12/h2-8,12,21H,9-10H2,1H3,(H,23,25,26). The quantitative estimate of drug-likeness (QED) is 0.576. The Labute approximate surface area is 187 Å². The number of thiazole rings is 1. The highest BCUT2D eigenvalue weighted by atomic mass is 35.5. The van der Waals surface area contributed by atoms with E-state index in [1.165, 1.54) is 12.1 Å². The predicted molar refractivity (Wildman–Crippen MR) is 119 cm³/mol. The first-order chi connectivity index (χ1) is 14.7. The number of hydrogen-bond acceptors (Lipinski definition) is 8. The number of halogens is 1. The van der Waals surface area contributed by atoms with Crippen LogP contribution in [-0.2, 0) is 10.0 Å². The van der Waals surface area contributed by atoms with E-state index in [9.17, 15) is 18.0 Å². The molecule has 0 atom stereocenters. The molecule has 2 heterocycles. The van der Waals surface area contributed by atoms with Gasteiger partial charge in [-0.25, -0.2) is 18.2 Å². The maximum atomic E-state index is 12.8. The summed E-state index contributed by atoms with van der Waals surface area (Å²) in [6, 6.07) is 10.3. The van der Waals surface area contributed by atoms with Crippen molar-refractivity contribution in [3.63, 3.8) is 0 Å². The molecular weight excluding hydrogens is 464 g/mol. The van der Waals surface area contributed by atoms with Gasteiger partial charge in [0.2, 0.25) is 15.2 Å². The Kier molecular flexibility index (Phi) is 5.84. The highest BCUT2D eigenvalue weighted by Gasteiger charge is 2.30. The van der Waals surface area contributed by atoms with Crippen molar-refractivity contribution in [1.29, 1.82) is 0 Å². The molecule has 1 fully saturated rings. The number of imide groups is 1. The number of rotatable bonds is 5. The molecular formula is C19H17ClN4O5S2. The molecule has 9 nitrogen and oxygen atoms in total. The molecule has 3 aromatic rings. The summed E-state index contributed by atoms with van der Waals surface area (Å²) in [5.74, 6) is -0.443. The van der Waals surface area contributed by atoms with Crippen LogP contribution in [0.15, 0.2) is 42.5 Å². The maximum Gasteiger partial charge on any atom is 0.344 e. The number of carbonyl (C=O) groups is 2. The number of para-hydroxylation sites is 1. The van der Waals surface area contributed by atoms with Crippen LogP contribution in [0.5, 0.6) is 5.75 Å². The lowest BCUT2D eigenvalue weighted by Crippen LogP contribution is -2.50. The molecule has 0 radical (unpaired) electrons. The Morgan fingerprint density at radius 1 is 1.26 bits per heavy atom. The largest absolute Gasteiger partial charge is 0.488 e. The summed E-state index contributed by atoms with van der Waals surface area (Å²) in [4.78, 5) is 29.7. The average molecular weight is 481 g/mol. The molecule has 0 spiro atoms. The Morgan fingerprint density at radius 3 is 2.65 bits per heavy atom. The van der Waals surface area contributed by atoms with Crippen LogP contribution in [0.3, 0.4) is 0 Å². The van der Waals surface area contributed by atoms with Crippen molar-refractivity contribution in [1.82, 2.24) is 15.6 Å². The second-order valence-corrected chi connectivity index (χ2v) is 10.0. The second-order valence-electron chi connectivity index (χ2n) is 6.79. The van der Waals surface area contributed by atoms with Crippen molar-refractivity contribution < 1.29 is 22.7 Å². The van der Waals surface area contributed by atoms with Crippen LogP contribution in [-0.4, -0.2) is 50.8 Å². The average Bonchev–Trinajstić information content (AvgIpc) is 3.07. The third-order valence-corrected chi connectivity index (χ3v) is 6.89. The first-order valence-corrected chi connectivity index (χ1v) is 12.1. The number of benzene rings is 2. The minimum absolute atomic E-state index is 0.0153. The fourth-order valence-electron chi connectivity index (χ4n) is 2.83. The monoisotopic (exact) mass is 480 g/mol. The maximum absolute atomic E-state index is 12.8. The Morgan fingerprint density at radius 2 is 2.00 bits per heavy atom. The highest BCUT2D eigenvalue weighted by molar-refractivity contribution is 7.93. The van der Waals surface area contributed by atoms with E-state index in [-0.39, 0.29) is 21.8 Å². The van der Waals surface area contributed by atoms with Gasteiger partial charge in [0.25, 0.3) is 5.91 Å². The van der Waals surface area contributed by atoms with Gasteiger partial charge in [-0.1, -0.05) is 35.1 Å². The van der Waals surface area contributed by atoms with Crippen LogP contribution >= 0.6 is 22.9 Å². The number of nitrogens with zero attached hydrogens (tertiary/aromatic N) is 2. The lowest BCUT2D eigenvalue weighted by Gasteiger charge is -2.28. The van der Waals surface area contributed by atoms with Crippen molar-refractivity contribution in [2.24, 2.45) is 0 Å². The summed E-state index contributed by atoms with van der Waals surface area (Å²) in [6.07, 6.45) is 0.843. The molecule has 0 unspecified atom stereocenters. The topological polar surface area (TPSA) is 118 Å². The Balaban J connectivity index is 1.58. The first-order valence-electron chi connectivity index (χ1n) is 9.10. The van der Waals surface area contributed by atoms with Gasteiger partial charge in [-0.05, 0) is 30.3 Å². The van der Waals surface area contributed by atoms with Crippen LogP contribution in [0, 0.1) is 0 Å². The van der Waals surface area contributed by atoms with Gasteiger partial charge < -0.3 is 10.1 Å². The molecule has 3 amide bonds. The number of amides is 3. The molecule has 1 aromatic heterocycles. The van der Waals surface area contributed by atoms with E-state index < -0.39 is 22.0 Å². The fraction of sp³-hybridized carbons (Fsp3) is 0.211. The van der Waals surface area contributed by atoms with Crippen LogP contribution in [0.4, 0.5) is 9.93 Å². The van der Waals surface area contributed by atoms with E-state index in [0.29, 0.717) is 33.4 Å². The van der Waals surface area contributed by atoms with Crippen molar-refractivity contribution in [3.05, 3.63) is 53.1 Å². The van der Waals surface area contributed by atoms with E-state index in [1.54, 1.807) is 30.3 Å². The lowest BCUT2D eigenvalue weighted by atomic mass is 10.2. The zero-order chi connectivity index (χ0) is 22.2. The predicted octanol–water partition coefficient (Wildman–Crippen LogP) is 2.62. The molecule has 162 valence electrons. The number of aromatic nitrogens is 1. The zero-order valence-electron chi connectivity index (χ0n) is 16.2. The molecule has 0 saturated carbocycles.